The summed E-state index contributed by atoms with van der Waals surface area (Å²) >= 11 is 0. The smallest absolute Gasteiger partial charge is 0.306 e. The number of hydrogen-bond acceptors (Lipinski definition) is 11. The average molecular weight is 739 g/mol. The third-order valence-electron chi connectivity index (χ3n) is 9.19. The zero-order valence-electron chi connectivity index (χ0n) is 31.0. The lowest BCUT2D eigenvalue weighted by Crippen LogP contribution is -2.60. The van der Waals surface area contributed by atoms with Crippen LogP contribution in [0.1, 0.15) is 168 Å². The topological polar surface area (TPSA) is 186 Å². The molecule has 0 amide bonds. The fraction of sp³-hybridized carbons (Fsp3) is 0.946. The quantitative estimate of drug-likeness (QED) is 0.0332. The first-order chi connectivity index (χ1) is 24.0. The number of carbonyl (C=O) groups excluding carboxylic acids is 2. The van der Waals surface area contributed by atoms with Gasteiger partial charge in [-0.2, -0.15) is 8.42 Å². The Balaban J connectivity index is 2.51. The van der Waals surface area contributed by atoms with Crippen molar-refractivity contribution in [1.29, 1.82) is 0 Å². The van der Waals surface area contributed by atoms with Crippen molar-refractivity contribution < 1.29 is 56.8 Å². The lowest BCUT2D eigenvalue weighted by molar-refractivity contribution is -0.297. The van der Waals surface area contributed by atoms with E-state index >= 15 is 0 Å². The predicted molar refractivity (Wildman–Crippen MR) is 192 cm³/mol. The lowest BCUT2D eigenvalue weighted by Gasteiger charge is -2.40. The number of unbranched alkanes of at least 4 members (excludes halogenated alkanes) is 20. The standard InChI is InChI=1S/C37H70O12S/c1-3-5-7-9-11-13-14-15-16-18-20-22-24-26-33(39)48-30(27-46-32(38)25-23-21-19-17-12-10-8-6-4-2)28-47-37-36(42)35(41)34(40)31(49-37)29-50(43,44)45/h30-31,34-37,40-42H,3-29H2,1-2H3,(H,43,44,45). The third-order valence-corrected chi connectivity index (χ3v) is 9.94. The SMILES string of the molecule is CCCCCCCCCCCCCCCC(=O)OC(COC(=O)CCCCCCCCCCC)COC1OC(CS(=O)(=O)O)C(O)C(O)C1O. The molecule has 1 aliphatic heterocycles. The summed E-state index contributed by atoms with van der Waals surface area (Å²) in [5.74, 6) is -1.97. The van der Waals surface area contributed by atoms with Gasteiger partial charge in [-0.05, 0) is 12.8 Å². The molecule has 0 saturated carbocycles. The molecule has 13 heteroatoms. The number of ether oxygens (including phenoxy) is 4. The van der Waals surface area contributed by atoms with Gasteiger partial charge in [0.15, 0.2) is 12.4 Å². The Morgan fingerprint density at radius 2 is 1.02 bits per heavy atom. The van der Waals surface area contributed by atoms with Gasteiger partial charge >= 0.3 is 11.9 Å². The summed E-state index contributed by atoms with van der Waals surface area (Å²) in [5, 5.41) is 30.7. The molecule has 0 bridgehead atoms. The maximum atomic E-state index is 12.7. The summed E-state index contributed by atoms with van der Waals surface area (Å²) < 4.78 is 53.7. The van der Waals surface area contributed by atoms with Crippen molar-refractivity contribution >= 4 is 22.1 Å². The molecule has 1 saturated heterocycles. The minimum atomic E-state index is -4.59. The first-order valence-corrected chi connectivity index (χ1v) is 21.2. The minimum Gasteiger partial charge on any atom is -0.462 e. The molecule has 0 spiro atoms. The van der Waals surface area contributed by atoms with Gasteiger partial charge in [-0.1, -0.05) is 142 Å². The third kappa shape index (κ3) is 24.0. The second kappa shape index (κ2) is 29.1. The summed E-state index contributed by atoms with van der Waals surface area (Å²) in [6.45, 7) is 3.71. The van der Waals surface area contributed by atoms with Crippen LogP contribution in [-0.4, -0.2) is 96.0 Å². The van der Waals surface area contributed by atoms with Crippen molar-refractivity contribution in [2.45, 2.75) is 205 Å². The summed E-state index contributed by atoms with van der Waals surface area (Å²) in [7, 11) is -4.59. The molecular weight excluding hydrogens is 668 g/mol. The van der Waals surface area contributed by atoms with Crippen molar-refractivity contribution in [3.63, 3.8) is 0 Å². The van der Waals surface area contributed by atoms with Gasteiger partial charge in [0.25, 0.3) is 10.1 Å². The summed E-state index contributed by atoms with van der Waals surface area (Å²) in [6, 6.07) is 0. The summed E-state index contributed by atoms with van der Waals surface area (Å²) in [4.78, 5) is 25.2. The van der Waals surface area contributed by atoms with E-state index in [-0.39, 0.29) is 19.4 Å². The number of hydrogen-bond donors (Lipinski definition) is 4. The van der Waals surface area contributed by atoms with Crippen molar-refractivity contribution in [3.8, 4) is 0 Å². The summed E-state index contributed by atoms with van der Waals surface area (Å²) in [6.07, 6.45) is 16.0. The second-order valence-corrected chi connectivity index (χ2v) is 15.5. The largest absolute Gasteiger partial charge is 0.462 e. The van der Waals surface area contributed by atoms with Gasteiger partial charge < -0.3 is 34.3 Å². The van der Waals surface area contributed by atoms with Crippen LogP contribution in [0.25, 0.3) is 0 Å². The van der Waals surface area contributed by atoms with Crippen LogP contribution < -0.4 is 0 Å². The van der Waals surface area contributed by atoms with Gasteiger partial charge in [0.05, 0.1) is 6.61 Å². The van der Waals surface area contributed by atoms with Gasteiger partial charge in [0.2, 0.25) is 0 Å². The Morgan fingerprint density at radius 1 is 0.600 bits per heavy atom. The van der Waals surface area contributed by atoms with Crippen LogP contribution >= 0.6 is 0 Å². The van der Waals surface area contributed by atoms with Gasteiger partial charge in [-0.15, -0.1) is 0 Å². The molecule has 0 aromatic carbocycles. The molecule has 1 rings (SSSR count). The van der Waals surface area contributed by atoms with E-state index in [1.165, 1.54) is 89.9 Å². The van der Waals surface area contributed by atoms with E-state index in [1.54, 1.807) is 0 Å². The number of aliphatic hydroxyl groups is 3. The summed E-state index contributed by atoms with van der Waals surface area (Å²) in [5.41, 5.74) is 0. The van der Waals surface area contributed by atoms with Crippen molar-refractivity contribution in [1.82, 2.24) is 0 Å². The molecule has 50 heavy (non-hydrogen) atoms. The van der Waals surface area contributed by atoms with Crippen molar-refractivity contribution in [2.24, 2.45) is 0 Å². The molecule has 6 atom stereocenters. The molecule has 12 nitrogen and oxygen atoms in total. The highest BCUT2D eigenvalue weighted by atomic mass is 32.2. The normalized spacial score (nSPS) is 21.6. The monoisotopic (exact) mass is 738 g/mol. The number of rotatable bonds is 32. The van der Waals surface area contributed by atoms with Gasteiger partial charge in [-0.25, -0.2) is 0 Å². The van der Waals surface area contributed by atoms with Gasteiger partial charge in [0.1, 0.15) is 36.8 Å². The Morgan fingerprint density at radius 3 is 1.46 bits per heavy atom. The molecule has 0 aliphatic carbocycles. The molecule has 296 valence electrons. The maximum absolute atomic E-state index is 12.7. The first-order valence-electron chi connectivity index (χ1n) is 19.6. The molecule has 1 aliphatic rings. The highest BCUT2D eigenvalue weighted by Crippen LogP contribution is 2.24. The lowest BCUT2D eigenvalue weighted by atomic mass is 10.00. The van der Waals surface area contributed by atoms with Crippen LogP contribution in [0.4, 0.5) is 0 Å². The zero-order chi connectivity index (χ0) is 37.0. The van der Waals surface area contributed by atoms with Crippen LogP contribution in [0.5, 0.6) is 0 Å². The fourth-order valence-corrected chi connectivity index (χ4v) is 6.78. The Hall–Kier alpha value is -1.35. The molecule has 1 fully saturated rings. The van der Waals surface area contributed by atoms with E-state index in [0.29, 0.717) is 12.8 Å². The van der Waals surface area contributed by atoms with E-state index in [2.05, 4.69) is 13.8 Å². The molecule has 0 radical (unpaired) electrons. The molecule has 1 heterocycles. The Kier molecular flexibility index (Phi) is 27.2. The molecule has 4 N–H and O–H groups in total. The van der Waals surface area contributed by atoms with E-state index in [1.807, 2.05) is 0 Å². The molecule has 6 unspecified atom stereocenters. The van der Waals surface area contributed by atoms with E-state index in [9.17, 15) is 37.9 Å². The van der Waals surface area contributed by atoms with Crippen molar-refractivity contribution in [3.05, 3.63) is 0 Å². The second-order valence-electron chi connectivity index (χ2n) is 14.0. The minimum absolute atomic E-state index is 0.171. The average Bonchev–Trinajstić information content (AvgIpc) is 3.07. The van der Waals surface area contributed by atoms with Crippen LogP contribution in [-0.2, 0) is 38.7 Å². The molecule has 0 aromatic rings. The number of carbonyl (C=O) groups is 2. The molecular formula is C37H70O12S. The zero-order valence-corrected chi connectivity index (χ0v) is 31.8. The molecule has 0 aromatic heterocycles. The maximum Gasteiger partial charge on any atom is 0.306 e. The Labute approximate surface area is 302 Å². The van der Waals surface area contributed by atoms with E-state index < -0.39 is 71.2 Å². The highest BCUT2D eigenvalue weighted by Gasteiger charge is 2.46. The van der Waals surface area contributed by atoms with Crippen molar-refractivity contribution in [2.75, 3.05) is 19.0 Å². The number of esters is 2. The van der Waals surface area contributed by atoms with Gasteiger partial charge in [0, 0.05) is 12.8 Å². The van der Waals surface area contributed by atoms with Crippen LogP contribution in [0.15, 0.2) is 0 Å². The number of aliphatic hydroxyl groups excluding tert-OH is 3. The predicted octanol–water partition coefficient (Wildman–Crippen LogP) is 6.56. The van der Waals surface area contributed by atoms with Gasteiger partial charge in [-0.3, -0.25) is 14.1 Å². The van der Waals surface area contributed by atoms with Crippen LogP contribution in [0, 0.1) is 0 Å². The highest BCUT2D eigenvalue weighted by molar-refractivity contribution is 7.85. The van der Waals surface area contributed by atoms with E-state index in [4.69, 9.17) is 18.9 Å². The fourth-order valence-electron chi connectivity index (χ4n) is 6.09. The van der Waals surface area contributed by atoms with Crippen LogP contribution in [0.2, 0.25) is 0 Å². The first kappa shape index (κ1) is 46.7. The van der Waals surface area contributed by atoms with E-state index in [0.717, 1.165) is 38.5 Å². The Bertz CT molecular complexity index is 962. The van der Waals surface area contributed by atoms with Crippen LogP contribution in [0.3, 0.4) is 0 Å².